The van der Waals surface area contributed by atoms with Gasteiger partial charge >= 0.3 is 6.18 Å². The Bertz CT molecular complexity index is 476. The summed E-state index contributed by atoms with van der Waals surface area (Å²) in [5, 5.41) is 0.197. The zero-order valence-electron chi connectivity index (χ0n) is 7.12. The molecule has 0 saturated carbocycles. The van der Waals surface area contributed by atoms with Gasteiger partial charge in [0.05, 0.1) is 4.47 Å². The number of aromatic nitrogens is 1. The molecule has 0 aliphatic carbocycles. The van der Waals surface area contributed by atoms with Crippen molar-refractivity contribution in [3.8, 4) is 0 Å². The van der Waals surface area contributed by atoms with Crippen LogP contribution < -0.4 is 0 Å². The van der Waals surface area contributed by atoms with E-state index in [9.17, 15) is 17.6 Å². The molecule has 0 fully saturated rings. The maximum absolute atomic E-state index is 13.0. The Hall–Kier alpha value is -1.04. The predicted molar refractivity (Wildman–Crippen MR) is 51.0 cm³/mol. The summed E-state index contributed by atoms with van der Waals surface area (Å²) in [7, 11) is 0. The van der Waals surface area contributed by atoms with Crippen molar-refractivity contribution in [1.29, 1.82) is 0 Å². The smallest absolute Gasteiger partial charge is 0.351 e. The number of halogens is 5. The van der Waals surface area contributed by atoms with E-state index in [0.29, 0.717) is 0 Å². The van der Waals surface area contributed by atoms with E-state index in [-0.39, 0.29) is 15.4 Å². The second-order valence-corrected chi connectivity index (χ2v) is 3.89. The van der Waals surface area contributed by atoms with Gasteiger partial charge in [-0.2, -0.15) is 13.2 Å². The van der Waals surface area contributed by atoms with E-state index in [1.54, 1.807) is 0 Å². The molecule has 0 unspecified atom stereocenters. The van der Waals surface area contributed by atoms with Crippen molar-refractivity contribution in [3.63, 3.8) is 0 Å². The van der Waals surface area contributed by atoms with Crippen LogP contribution in [0, 0.1) is 5.82 Å². The number of benzene rings is 1. The number of rotatable bonds is 0. The van der Waals surface area contributed by atoms with Gasteiger partial charge in [-0.3, -0.25) is 0 Å². The average molecular weight is 282 g/mol. The summed E-state index contributed by atoms with van der Waals surface area (Å²) in [6.07, 6.45) is -4.44. The molecular weight excluding hydrogens is 278 g/mol. The van der Waals surface area contributed by atoms with E-state index < -0.39 is 17.7 Å². The molecule has 1 nitrogen and oxygen atoms in total. The molecule has 1 heterocycles. The summed E-state index contributed by atoms with van der Waals surface area (Å²) < 4.78 is 50.0. The highest BCUT2D eigenvalue weighted by Gasteiger charge is 2.32. The summed E-state index contributed by atoms with van der Waals surface area (Å²) in [5.74, 6) is -0.588. The average Bonchev–Trinajstić information content (AvgIpc) is 2.47. The van der Waals surface area contributed by atoms with Crippen LogP contribution in [-0.4, -0.2) is 4.98 Å². The second-order valence-electron chi connectivity index (χ2n) is 3.03. The first-order chi connectivity index (χ1) is 6.88. The first kappa shape index (κ1) is 10.5. The lowest BCUT2D eigenvalue weighted by atomic mass is 10.2. The van der Waals surface area contributed by atoms with Crippen LogP contribution in [-0.2, 0) is 6.18 Å². The molecular formula is C9H4BrF4N. The van der Waals surface area contributed by atoms with Crippen molar-refractivity contribution < 1.29 is 17.6 Å². The molecule has 0 atom stereocenters. The Labute approximate surface area is 90.2 Å². The van der Waals surface area contributed by atoms with Gasteiger partial charge in [0.15, 0.2) is 0 Å². The van der Waals surface area contributed by atoms with Crippen molar-refractivity contribution in [2.24, 2.45) is 0 Å². The van der Waals surface area contributed by atoms with E-state index in [1.165, 1.54) is 6.07 Å². The minimum absolute atomic E-state index is 0.130. The van der Waals surface area contributed by atoms with Gasteiger partial charge in [0, 0.05) is 10.9 Å². The van der Waals surface area contributed by atoms with Crippen molar-refractivity contribution in [1.82, 2.24) is 4.98 Å². The van der Waals surface area contributed by atoms with Crippen LogP contribution in [0.2, 0.25) is 0 Å². The van der Waals surface area contributed by atoms with Gasteiger partial charge in [-0.25, -0.2) is 4.39 Å². The minimum atomic E-state index is -4.44. The van der Waals surface area contributed by atoms with E-state index in [4.69, 9.17) is 0 Å². The number of alkyl halides is 3. The fourth-order valence-electron chi connectivity index (χ4n) is 1.28. The zero-order valence-corrected chi connectivity index (χ0v) is 8.71. The Morgan fingerprint density at radius 2 is 1.80 bits per heavy atom. The van der Waals surface area contributed by atoms with E-state index in [2.05, 4.69) is 20.9 Å². The van der Waals surface area contributed by atoms with Crippen molar-refractivity contribution >= 4 is 26.8 Å². The molecule has 0 amide bonds. The molecule has 80 valence electrons. The molecule has 0 aliphatic rings. The lowest BCUT2D eigenvalue weighted by molar-refractivity contribution is -0.140. The monoisotopic (exact) mass is 281 g/mol. The van der Waals surface area contributed by atoms with Crippen molar-refractivity contribution in [2.45, 2.75) is 6.18 Å². The fourth-order valence-corrected chi connectivity index (χ4v) is 1.62. The number of nitrogens with one attached hydrogen (secondary N) is 1. The molecule has 2 aromatic rings. The number of hydrogen-bond acceptors (Lipinski definition) is 0. The van der Waals surface area contributed by atoms with Crippen LogP contribution in [0.15, 0.2) is 22.7 Å². The quantitative estimate of drug-likeness (QED) is 0.700. The van der Waals surface area contributed by atoms with E-state index in [0.717, 1.165) is 12.1 Å². The number of fused-ring (bicyclic) bond motifs is 1. The molecule has 6 heteroatoms. The number of H-pyrrole nitrogens is 1. The van der Waals surface area contributed by atoms with Gasteiger partial charge in [-0.1, -0.05) is 0 Å². The topological polar surface area (TPSA) is 15.8 Å². The highest BCUT2D eigenvalue weighted by molar-refractivity contribution is 9.10. The molecule has 1 aromatic heterocycles. The normalized spacial score (nSPS) is 12.3. The molecule has 0 bridgehead atoms. The zero-order chi connectivity index (χ0) is 11.2. The summed E-state index contributed by atoms with van der Waals surface area (Å²) in [5.41, 5.74) is -0.634. The van der Waals surface area contributed by atoms with Crippen LogP contribution in [0.1, 0.15) is 5.69 Å². The maximum atomic E-state index is 13.0. The Morgan fingerprint density at radius 3 is 2.40 bits per heavy atom. The Kier molecular flexibility index (Phi) is 2.26. The van der Waals surface area contributed by atoms with E-state index >= 15 is 0 Å². The van der Waals surface area contributed by atoms with Crippen LogP contribution in [0.5, 0.6) is 0 Å². The highest BCUT2D eigenvalue weighted by Crippen LogP contribution is 2.32. The third-order valence-electron chi connectivity index (χ3n) is 1.97. The Balaban J connectivity index is 2.66. The third-order valence-corrected chi connectivity index (χ3v) is 2.57. The SMILES string of the molecule is Fc1cc2cc(C(F)(F)F)[nH]c2cc1Br. The molecule has 2 rings (SSSR count). The van der Waals surface area contributed by atoms with Gasteiger partial charge in [-0.15, -0.1) is 0 Å². The van der Waals surface area contributed by atoms with Crippen molar-refractivity contribution in [2.75, 3.05) is 0 Å². The molecule has 1 aromatic carbocycles. The minimum Gasteiger partial charge on any atom is -0.351 e. The maximum Gasteiger partial charge on any atom is 0.431 e. The van der Waals surface area contributed by atoms with Crippen LogP contribution in [0.3, 0.4) is 0 Å². The number of aromatic amines is 1. The van der Waals surface area contributed by atoms with Gasteiger partial charge < -0.3 is 4.98 Å². The standard InChI is InChI=1S/C9H4BrF4N/c10-5-3-7-4(1-6(5)11)2-8(15-7)9(12,13)14/h1-3,15H. The Morgan fingerprint density at radius 1 is 1.13 bits per heavy atom. The molecule has 1 N–H and O–H groups in total. The molecule has 15 heavy (non-hydrogen) atoms. The van der Waals surface area contributed by atoms with Crippen LogP contribution in [0.25, 0.3) is 10.9 Å². The molecule has 0 radical (unpaired) electrons. The summed E-state index contributed by atoms with van der Waals surface area (Å²) >= 11 is 2.90. The van der Waals surface area contributed by atoms with Gasteiger partial charge in [-0.05, 0) is 34.1 Å². The first-order valence-corrected chi connectivity index (χ1v) is 4.72. The largest absolute Gasteiger partial charge is 0.431 e. The van der Waals surface area contributed by atoms with Crippen molar-refractivity contribution in [3.05, 3.63) is 34.2 Å². The number of hydrogen-bond donors (Lipinski definition) is 1. The van der Waals surface area contributed by atoms with Gasteiger partial charge in [0.25, 0.3) is 0 Å². The van der Waals surface area contributed by atoms with Gasteiger partial charge in [0.1, 0.15) is 11.5 Å². The molecule has 0 spiro atoms. The fraction of sp³-hybridized carbons (Fsp3) is 0.111. The lowest BCUT2D eigenvalue weighted by Gasteiger charge is -2.00. The third kappa shape index (κ3) is 1.86. The predicted octanol–water partition coefficient (Wildman–Crippen LogP) is 4.09. The highest BCUT2D eigenvalue weighted by atomic mass is 79.9. The summed E-state index contributed by atoms with van der Waals surface area (Å²) in [6, 6.07) is 3.20. The second kappa shape index (κ2) is 3.23. The molecule has 0 saturated heterocycles. The van der Waals surface area contributed by atoms with Crippen LogP contribution >= 0.6 is 15.9 Å². The van der Waals surface area contributed by atoms with Crippen LogP contribution in [0.4, 0.5) is 17.6 Å². The lowest BCUT2D eigenvalue weighted by Crippen LogP contribution is -2.04. The summed E-state index contributed by atoms with van der Waals surface area (Å²) in [4.78, 5) is 2.18. The first-order valence-electron chi connectivity index (χ1n) is 3.93. The van der Waals surface area contributed by atoms with E-state index in [1.807, 2.05) is 0 Å². The van der Waals surface area contributed by atoms with Gasteiger partial charge in [0.2, 0.25) is 0 Å². The molecule has 0 aliphatic heterocycles. The summed E-state index contributed by atoms with van der Waals surface area (Å²) in [6.45, 7) is 0.